The van der Waals surface area contributed by atoms with E-state index in [4.69, 9.17) is 14.2 Å². The molecule has 0 saturated carbocycles. The highest BCUT2D eigenvalue weighted by Crippen LogP contribution is 2.37. The van der Waals surface area contributed by atoms with Crippen molar-refractivity contribution >= 4 is 27.5 Å². The molecule has 25 heavy (non-hydrogen) atoms. The normalized spacial score (nSPS) is 10.2. The Labute approximate surface area is 156 Å². The molecule has 2 aromatic carbocycles. The molecule has 0 aliphatic carbocycles. The summed E-state index contributed by atoms with van der Waals surface area (Å²) in [6.07, 6.45) is 0. The van der Waals surface area contributed by atoms with Crippen LogP contribution in [0.3, 0.4) is 0 Å². The Morgan fingerprint density at radius 2 is 1.60 bits per heavy atom. The number of nitrogens with one attached hydrogen (secondary N) is 1. The lowest BCUT2D eigenvalue weighted by Gasteiger charge is -2.14. The topological polar surface area (TPSA) is 56.8 Å². The fourth-order valence-electron chi connectivity index (χ4n) is 2.25. The third kappa shape index (κ3) is 5.13. The highest BCUT2D eigenvalue weighted by molar-refractivity contribution is 9.10. The molecule has 134 valence electrons. The number of hydrogen-bond donors (Lipinski definition) is 1. The first-order chi connectivity index (χ1) is 12.1. The zero-order chi connectivity index (χ0) is 18.2. The van der Waals surface area contributed by atoms with Gasteiger partial charge in [-0.2, -0.15) is 0 Å². The number of amides is 1. The van der Waals surface area contributed by atoms with E-state index in [1.807, 2.05) is 32.9 Å². The molecule has 6 heteroatoms. The van der Waals surface area contributed by atoms with Crippen LogP contribution in [0.2, 0.25) is 0 Å². The Bertz CT molecular complexity index is 716. The van der Waals surface area contributed by atoms with Gasteiger partial charge in [-0.05, 0) is 73.1 Å². The number of carbonyl (C=O) groups excluding carboxylic acids is 1. The van der Waals surface area contributed by atoms with Crippen LogP contribution in [0.1, 0.15) is 31.1 Å². The van der Waals surface area contributed by atoms with Gasteiger partial charge in [0.25, 0.3) is 5.91 Å². The van der Waals surface area contributed by atoms with Crippen LogP contribution >= 0.6 is 15.9 Å². The average molecular weight is 408 g/mol. The van der Waals surface area contributed by atoms with Crippen molar-refractivity contribution in [1.29, 1.82) is 0 Å². The predicted molar refractivity (Wildman–Crippen MR) is 102 cm³/mol. The first-order valence-corrected chi connectivity index (χ1v) is 9.01. The molecule has 0 heterocycles. The van der Waals surface area contributed by atoms with Gasteiger partial charge >= 0.3 is 0 Å². The summed E-state index contributed by atoms with van der Waals surface area (Å²) < 4.78 is 17.3. The largest absolute Gasteiger partial charge is 0.494 e. The Balaban J connectivity index is 2.20. The van der Waals surface area contributed by atoms with Crippen molar-refractivity contribution in [3.63, 3.8) is 0 Å². The Morgan fingerprint density at radius 1 is 0.960 bits per heavy atom. The van der Waals surface area contributed by atoms with Crippen LogP contribution < -0.4 is 19.5 Å². The van der Waals surface area contributed by atoms with E-state index in [-0.39, 0.29) is 5.91 Å². The second-order valence-corrected chi connectivity index (χ2v) is 5.92. The van der Waals surface area contributed by atoms with Crippen molar-refractivity contribution < 1.29 is 19.0 Å². The van der Waals surface area contributed by atoms with Gasteiger partial charge < -0.3 is 19.5 Å². The molecule has 0 spiro atoms. The van der Waals surface area contributed by atoms with E-state index < -0.39 is 0 Å². The van der Waals surface area contributed by atoms with E-state index >= 15 is 0 Å². The zero-order valence-corrected chi connectivity index (χ0v) is 16.2. The SMILES string of the molecule is CCOc1ccc(NC(=O)c2cc(Br)c(OCC)c(OCC)c2)cc1. The van der Waals surface area contributed by atoms with Gasteiger partial charge in [0, 0.05) is 11.3 Å². The molecular weight excluding hydrogens is 386 g/mol. The lowest BCUT2D eigenvalue weighted by atomic mass is 10.1. The molecule has 2 rings (SSSR count). The maximum absolute atomic E-state index is 12.5. The smallest absolute Gasteiger partial charge is 0.255 e. The third-order valence-electron chi connectivity index (χ3n) is 3.28. The number of hydrogen-bond acceptors (Lipinski definition) is 4. The number of ether oxygens (including phenoxy) is 3. The van der Waals surface area contributed by atoms with E-state index in [1.54, 1.807) is 24.3 Å². The van der Waals surface area contributed by atoms with Crippen molar-refractivity contribution in [3.05, 3.63) is 46.4 Å². The van der Waals surface area contributed by atoms with Crippen LogP contribution in [0.4, 0.5) is 5.69 Å². The highest BCUT2D eigenvalue weighted by atomic mass is 79.9. The zero-order valence-electron chi connectivity index (χ0n) is 14.6. The Kier molecular flexibility index (Phi) is 7.13. The van der Waals surface area contributed by atoms with Crippen molar-refractivity contribution in [3.8, 4) is 17.2 Å². The van der Waals surface area contributed by atoms with Gasteiger partial charge in [-0.25, -0.2) is 0 Å². The number of anilines is 1. The minimum atomic E-state index is -0.228. The van der Waals surface area contributed by atoms with E-state index in [0.717, 1.165) is 5.75 Å². The molecule has 5 nitrogen and oxygen atoms in total. The van der Waals surface area contributed by atoms with E-state index in [9.17, 15) is 4.79 Å². The van der Waals surface area contributed by atoms with E-state index in [2.05, 4.69) is 21.2 Å². The summed E-state index contributed by atoms with van der Waals surface area (Å²) >= 11 is 3.45. The second kappa shape index (κ2) is 9.32. The average Bonchev–Trinajstić information content (AvgIpc) is 2.60. The van der Waals surface area contributed by atoms with Crippen LogP contribution in [-0.2, 0) is 0 Å². The monoisotopic (exact) mass is 407 g/mol. The van der Waals surface area contributed by atoms with Gasteiger partial charge in [0.1, 0.15) is 5.75 Å². The van der Waals surface area contributed by atoms with Crippen LogP contribution in [0.5, 0.6) is 17.2 Å². The molecule has 0 fully saturated rings. The molecule has 1 amide bonds. The minimum Gasteiger partial charge on any atom is -0.494 e. The van der Waals surface area contributed by atoms with Gasteiger partial charge in [0.2, 0.25) is 0 Å². The van der Waals surface area contributed by atoms with Gasteiger partial charge in [0.05, 0.1) is 24.3 Å². The van der Waals surface area contributed by atoms with Gasteiger partial charge in [-0.1, -0.05) is 0 Å². The molecule has 0 radical (unpaired) electrons. The number of halogens is 1. The first kappa shape index (κ1) is 19.1. The molecule has 0 aliphatic heterocycles. The summed E-state index contributed by atoms with van der Waals surface area (Å²) in [5.74, 6) is 1.68. The Morgan fingerprint density at radius 3 is 2.20 bits per heavy atom. The summed E-state index contributed by atoms with van der Waals surface area (Å²) in [4.78, 5) is 12.5. The number of carbonyl (C=O) groups is 1. The molecule has 0 atom stereocenters. The molecule has 0 bridgehead atoms. The lowest BCUT2D eigenvalue weighted by molar-refractivity contribution is 0.102. The maximum atomic E-state index is 12.5. The first-order valence-electron chi connectivity index (χ1n) is 8.22. The third-order valence-corrected chi connectivity index (χ3v) is 3.87. The van der Waals surface area contributed by atoms with Crippen LogP contribution in [-0.4, -0.2) is 25.7 Å². The maximum Gasteiger partial charge on any atom is 0.255 e. The summed E-state index contributed by atoms with van der Waals surface area (Å²) in [5.41, 5.74) is 1.17. The van der Waals surface area contributed by atoms with Crippen LogP contribution in [0.15, 0.2) is 40.9 Å². The standard InChI is InChI=1S/C19H22BrNO4/c1-4-23-15-9-7-14(8-10-15)21-19(22)13-11-16(20)18(25-6-3)17(12-13)24-5-2/h7-12H,4-6H2,1-3H3,(H,21,22). The van der Waals surface area contributed by atoms with Crippen molar-refractivity contribution in [1.82, 2.24) is 0 Å². The summed E-state index contributed by atoms with van der Waals surface area (Å²) in [5, 5.41) is 2.86. The van der Waals surface area contributed by atoms with Crippen molar-refractivity contribution in [2.24, 2.45) is 0 Å². The molecule has 0 aliphatic rings. The molecule has 1 N–H and O–H groups in total. The van der Waals surface area contributed by atoms with Crippen LogP contribution in [0, 0.1) is 0 Å². The van der Waals surface area contributed by atoms with Gasteiger partial charge in [-0.15, -0.1) is 0 Å². The summed E-state index contributed by atoms with van der Waals surface area (Å²) in [6.45, 7) is 7.30. The van der Waals surface area contributed by atoms with Crippen molar-refractivity contribution in [2.75, 3.05) is 25.1 Å². The molecule has 2 aromatic rings. The van der Waals surface area contributed by atoms with E-state index in [0.29, 0.717) is 47.0 Å². The number of benzene rings is 2. The Hall–Kier alpha value is -2.21. The van der Waals surface area contributed by atoms with Crippen LogP contribution in [0.25, 0.3) is 0 Å². The van der Waals surface area contributed by atoms with Crippen molar-refractivity contribution in [2.45, 2.75) is 20.8 Å². The van der Waals surface area contributed by atoms with E-state index in [1.165, 1.54) is 0 Å². The molecule has 0 aromatic heterocycles. The minimum absolute atomic E-state index is 0.228. The highest BCUT2D eigenvalue weighted by Gasteiger charge is 2.16. The number of rotatable bonds is 8. The quantitative estimate of drug-likeness (QED) is 0.675. The summed E-state index contributed by atoms with van der Waals surface area (Å²) in [6, 6.07) is 10.6. The summed E-state index contributed by atoms with van der Waals surface area (Å²) in [7, 11) is 0. The van der Waals surface area contributed by atoms with Gasteiger partial charge in [-0.3, -0.25) is 4.79 Å². The molecule has 0 saturated heterocycles. The fraction of sp³-hybridized carbons (Fsp3) is 0.316. The fourth-order valence-corrected chi connectivity index (χ4v) is 2.81. The second-order valence-electron chi connectivity index (χ2n) is 5.06. The predicted octanol–water partition coefficient (Wildman–Crippen LogP) is 4.90. The lowest BCUT2D eigenvalue weighted by Crippen LogP contribution is -2.12. The molecular formula is C19H22BrNO4. The van der Waals surface area contributed by atoms with Gasteiger partial charge in [0.15, 0.2) is 11.5 Å². The molecule has 0 unspecified atom stereocenters.